The highest BCUT2D eigenvalue weighted by atomic mass is 19.1. The fourth-order valence-corrected chi connectivity index (χ4v) is 3.66. The summed E-state index contributed by atoms with van der Waals surface area (Å²) in [5.74, 6) is 0.696. The largest absolute Gasteiger partial charge is 0.441 e. The van der Waals surface area contributed by atoms with E-state index in [1.54, 1.807) is 36.7 Å². The number of hydrogen-bond donors (Lipinski definition) is 4. The molecular weight excluding hydrogens is 447 g/mol. The first-order valence-corrected chi connectivity index (χ1v) is 10.8. The molecule has 4 rings (SSSR count). The number of carbonyl (C=O) groups excluding carboxylic acids is 1. The van der Waals surface area contributed by atoms with Crippen molar-refractivity contribution in [1.82, 2.24) is 29.9 Å². The molecule has 34 heavy (non-hydrogen) atoms. The van der Waals surface area contributed by atoms with Gasteiger partial charge in [-0.3, -0.25) is 9.50 Å². The van der Waals surface area contributed by atoms with Crippen molar-refractivity contribution in [2.24, 2.45) is 0 Å². The number of anilines is 2. The number of nitriles is 1. The van der Waals surface area contributed by atoms with Crippen LogP contribution in [0.15, 0.2) is 18.5 Å². The molecule has 1 amide bonds. The number of imidazole rings is 1. The third kappa shape index (κ3) is 4.78. The molecule has 1 saturated heterocycles. The van der Waals surface area contributed by atoms with E-state index in [2.05, 4.69) is 36.9 Å². The molecule has 3 aromatic heterocycles. The maximum Gasteiger partial charge on any atom is 0.407 e. The number of ether oxygens (including phenoxy) is 2. The van der Waals surface area contributed by atoms with Gasteiger partial charge >= 0.3 is 6.09 Å². The third-order valence-corrected chi connectivity index (χ3v) is 5.20. The molecule has 13 heteroatoms. The monoisotopic (exact) mass is 472 g/mol. The summed E-state index contributed by atoms with van der Waals surface area (Å²) in [4.78, 5) is 20.6. The van der Waals surface area contributed by atoms with Gasteiger partial charge in [0.15, 0.2) is 23.7 Å². The van der Waals surface area contributed by atoms with Gasteiger partial charge in [0.2, 0.25) is 5.95 Å². The number of aliphatic hydroxyl groups is 1. The summed E-state index contributed by atoms with van der Waals surface area (Å²) in [7, 11) is 0. The number of hydrogen-bond acceptors (Lipinski definition) is 9. The maximum absolute atomic E-state index is 14.9. The predicted octanol–water partition coefficient (Wildman–Crippen LogP) is 1.91. The second-order valence-corrected chi connectivity index (χ2v) is 8.09. The van der Waals surface area contributed by atoms with E-state index in [0.717, 1.165) is 0 Å². The van der Waals surface area contributed by atoms with Gasteiger partial charge in [-0.2, -0.15) is 10.4 Å². The Morgan fingerprint density at radius 1 is 1.53 bits per heavy atom. The van der Waals surface area contributed by atoms with Gasteiger partial charge in [0, 0.05) is 31.1 Å². The Labute approximate surface area is 194 Å². The van der Waals surface area contributed by atoms with Crippen LogP contribution in [-0.4, -0.2) is 67.3 Å². The lowest BCUT2D eigenvalue weighted by Gasteiger charge is -2.16. The number of carbonyl (C=O) groups is 1. The normalized spacial score (nSPS) is 19.9. The number of H-pyrrole nitrogens is 1. The molecule has 1 aliphatic heterocycles. The highest BCUT2D eigenvalue weighted by Gasteiger charge is 2.42. The number of alkyl halides is 1. The molecule has 0 radical (unpaired) electrons. The highest BCUT2D eigenvalue weighted by molar-refractivity contribution is 5.67. The number of fused-ring (bicyclic) bond motifs is 1. The lowest BCUT2D eigenvalue weighted by atomic mass is 10.1. The van der Waals surface area contributed by atoms with Gasteiger partial charge in [-0.25, -0.2) is 19.2 Å². The van der Waals surface area contributed by atoms with Crippen molar-refractivity contribution >= 4 is 23.5 Å². The summed E-state index contributed by atoms with van der Waals surface area (Å²) in [5.41, 5.74) is 1.61. The van der Waals surface area contributed by atoms with Crippen LogP contribution in [0.1, 0.15) is 43.3 Å². The Bertz CT molecular complexity index is 1200. The third-order valence-electron chi connectivity index (χ3n) is 5.20. The van der Waals surface area contributed by atoms with E-state index < -0.39 is 24.5 Å². The van der Waals surface area contributed by atoms with Crippen LogP contribution >= 0.6 is 0 Å². The van der Waals surface area contributed by atoms with E-state index >= 15 is 0 Å². The van der Waals surface area contributed by atoms with Gasteiger partial charge in [-0.1, -0.05) is 0 Å². The number of amides is 1. The minimum absolute atomic E-state index is 0.0344. The zero-order valence-electron chi connectivity index (χ0n) is 18.7. The van der Waals surface area contributed by atoms with Crippen LogP contribution in [-0.2, 0) is 15.9 Å². The zero-order valence-corrected chi connectivity index (χ0v) is 18.7. The Kier molecular flexibility index (Phi) is 6.90. The summed E-state index contributed by atoms with van der Waals surface area (Å²) >= 11 is 0. The van der Waals surface area contributed by atoms with Gasteiger partial charge in [0.05, 0.1) is 18.0 Å². The van der Waals surface area contributed by atoms with Crippen molar-refractivity contribution in [3.63, 3.8) is 0 Å². The summed E-state index contributed by atoms with van der Waals surface area (Å²) in [5, 5.41) is 31.2. The van der Waals surface area contributed by atoms with Crippen LogP contribution in [0.25, 0.3) is 5.65 Å². The number of aromatic amines is 1. The van der Waals surface area contributed by atoms with Crippen molar-refractivity contribution < 1.29 is 23.8 Å². The molecule has 180 valence electrons. The van der Waals surface area contributed by atoms with E-state index in [0.29, 0.717) is 47.2 Å². The Balaban J connectivity index is 1.51. The minimum atomic E-state index is -1.58. The molecule has 3 aromatic rings. The summed E-state index contributed by atoms with van der Waals surface area (Å²) in [6, 6.07) is 3.56. The van der Waals surface area contributed by atoms with Crippen LogP contribution < -0.4 is 10.6 Å². The highest BCUT2D eigenvalue weighted by Crippen LogP contribution is 2.33. The molecular formula is C21H25FN8O4. The number of aromatic nitrogens is 5. The van der Waals surface area contributed by atoms with Crippen molar-refractivity contribution in [3.8, 4) is 6.07 Å². The fraction of sp³-hybridized carbons (Fsp3) is 0.476. The molecule has 12 nitrogen and oxygen atoms in total. The number of aryl methyl sites for hydroxylation is 1. The number of halogens is 1. The van der Waals surface area contributed by atoms with Crippen molar-refractivity contribution in [2.45, 2.75) is 51.1 Å². The standard InChI is InChI=1S/C21H25FN8O4/c1-11(2)25-21(32)34-15-10-33-18(17(15)22)14-8-16(29-28-14)27-20-26-13(4-3-7-31)12(9-23)19-24-5-6-30(19)20/h5-6,8,11,15,17-18,31H,3-4,7,10H2,1-2H3,(H,25,32)(H2,26,27,28,29)/t15-,17-,18-/m1/s1. The number of nitrogens with one attached hydrogen (secondary N) is 3. The van der Waals surface area contributed by atoms with Gasteiger partial charge in [-0.15, -0.1) is 0 Å². The number of aliphatic hydroxyl groups excluding tert-OH is 1. The van der Waals surface area contributed by atoms with Crippen molar-refractivity contribution in [3.05, 3.63) is 35.4 Å². The first kappa shape index (κ1) is 23.4. The van der Waals surface area contributed by atoms with Gasteiger partial charge in [0.25, 0.3) is 0 Å². The van der Waals surface area contributed by atoms with Crippen molar-refractivity contribution in [1.29, 1.82) is 5.26 Å². The maximum atomic E-state index is 14.9. The van der Waals surface area contributed by atoms with Crippen LogP contribution in [0.5, 0.6) is 0 Å². The summed E-state index contributed by atoms with van der Waals surface area (Å²) in [6.07, 6.45) is -0.266. The number of nitrogens with zero attached hydrogens (tertiary/aromatic N) is 5. The van der Waals surface area contributed by atoms with Crippen LogP contribution in [0.3, 0.4) is 0 Å². The molecule has 0 aromatic carbocycles. The first-order valence-electron chi connectivity index (χ1n) is 10.8. The molecule has 0 aliphatic carbocycles. The molecule has 0 saturated carbocycles. The molecule has 4 heterocycles. The van der Waals surface area contributed by atoms with Crippen molar-refractivity contribution in [2.75, 3.05) is 18.5 Å². The molecule has 1 fully saturated rings. The summed E-state index contributed by atoms with van der Waals surface area (Å²) in [6.45, 7) is 3.43. The van der Waals surface area contributed by atoms with E-state index in [1.807, 2.05) is 0 Å². The molecule has 0 unspecified atom stereocenters. The molecule has 0 bridgehead atoms. The van der Waals surface area contributed by atoms with Gasteiger partial charge in [-0.05, 0) is 26.7 Å². The fourth-order valence-electron chi connectivity index (χ4n) is 3.66. The average molecular weight is 472 g/mol. The van der Waals surface area contributed by atoms with Gasteiger partial charge in [0.1, 0.15) is 17.7 Å². The number of rotatable bonds is 8. The van der Waals surface area contributed by atoms with E-state index in [4.69, 9.17) is 14.6 Å². The Morgan fingerprint density at radius 3 is 3.09 bits per heavy atom. The average Bonchev–Trinajstić information content (AvgIpc) is 3.53. The zero-order chi connectivity index (χ0) is 24.2. The van der Waals surface area contributed by atoms with Crippen LogP contribution in [0.4, 0.5) is 21.0 Å². The predicted molar refractivity (Wildman–Crippen MR) is 117 cm³/mol. The smallest absolute Gasteiger partial charge is 0.407 e. The van der Waals surface area contributed by atoms with E-state index in [1.165, 1.54) is 0 Å². The summed E-state index contributed by atoms with van der Waals surface area (Å²) < 4.78 is 27.2. The molecule has 1 aliphatic rings. The quantitative estimate of drug-likeness (QED) is 0.383. The molecule has 0 spiro atoms. The van der Waals surface area contributed by atoms with E-state index in [-0.39, 0.29) is 19.3 Å². The second-order valence-electron chi connectivity index (χ2n) is 8.09. The van der Waals surface area contributed by atoms with Gasteiger partial charge < -0.3 is 25.2 Å². The Morgan fingerprint density at radius 2 is 2.35 bits per heavy atom. The first-order chi connectivity index (χ1) is 16.4. The molecule has 4 N–H and O–H groups in total. The molecule has 3 atom stereocenters. The minimum Gasteiger partial charge on any atom is -0.441 e. The lowest BCUT2D eigenvalue weighted by molar-refractivity contribution is 0.0615. The second kappa shape index (κ2) is 10.0. The number of alkyl carbamates (subject to hydrolysis) is 1. The van der Waals surface area contributed by atoms with E-state index in [9.17, 15) is 14.4 Å². The topological polar surface area (TPSA) is 162 Å². The lowest BCUT2D eigenvalue weighted by Crippen LogP contribution is -2.36. The van der Waals surface area contributed by atoms with Crippen LogP contribution in [0.2, 0.25) is 0 Å². The SMILES string of the molecule is CC(C)NC(=O)O[C@@H]1CO[C@H](c2cc(Nc3nc(CCCO)c(C#N)c4nccn34)n[nH]2)[C@@H]1F. The Hall–Kier alpha value is -3.76. The van der Waals surface area contributed by atoms with Crippen LogP contribution in [0, 0.1) is 11.3 Å².